The van der Waals surface area contributed by atoms with Gasteiger partial charge in [0, 0.05) is 19.7 Å². The smallest absolute Gasteiger partial charge is 0.318 e. The molecule has 0 aliphatic rings. The van der Waals surface area contributed by atoms with Gasteiger partial charge in [-0.05, 0) is 41.0 Å². The van der Waals surface area contributed by atoms with Crippen LogP contribution in [0.1, 0.15) is 48.0 Å². The Kier molecular flexibility index (Phi) is 7.16. The first-order valence-electron chi connectivity index (χ1n) is 7.32. The molecular weight excluding hydrogens is 272 g/mol. The molecule has 0 aliphatic heterocycles. The largest absolute Gasteiger partial charge is 0.481 e. The second kappa shape index (κ2) is 7.64. The molecule has 0 saturated heterocycles. The number of carbonyl (C=O) groups is 2. The number of nitrogens with zero attached hydrogens (tertiary/aromatic N) is 1. The van der Waals surface area contributed by atoms with Crippen LogP contribution >= 0.6 is 0 Å². The number of rotatable bonds is 8. The van der Waals surface area contributed by atoms with Crippen molar-refractivity contribution in [3.05, 3.63) is 0 Å². The normalized spacial score (nSPS) is 13.7. The monoisotopic (exact) mass is 302 g/mol. The first kappa shape index (κ1) is 19.7. The lowest BCUT2D eigenvalue weighted by Crippen LogP contribution is -2.60. The quantitative estimate of drug-likeness (QED) is 0.721. The van der Waals surface area contributed by atoms with Crippen molar-refractivity contribution in [3.63, 3.8) is 0 Å². The fourth-order valence-electron chi connectivity index (χ4n) is 1.69. The average Bonchev–Trinajstić information content (AvgIpc) is 2.37. The Bertz CT molecular complexity index is 367. The molecule has 0 aromatic carbocycles. The number of nitrogens with one attached hydrogen (secondary N) is 1. The Morgan fingerprint density at radius 1 is 1.29 bits per heavy atom. The summed E-state index contributed by atoms with van der Waals surface area (Å²) in [5.74, 6) is -0.945. The zero-order valence-corrected chi connectivity index (χ0v) is 14.3. The molecule has 0 spiro atoms. The summed E-state index contributed by atoms with van der Waals surface area (Å²) in [6.07, 6.45) is 0.819. The van der Waals surface area contributed by atoms with E-state index >= 15 is 0 Å². The molecule has 0 aromatic heterocycles. The van der Waals surface area contributed by atoms with Gasteiger partial charge in [-0.2, -0.15) is 0 Å². The van der Waals surface area contributed by atoms with Gasteiger partial charge in [-0.3, -0.25) is 4.79 Å². The summed E-state index contributed by atoms with van der Waals surface area (Å²) in [6, 6.07) is -0.204. The lowest BCUT2D eigenvalue weighted by atomic mass is 9.74. The van der Waals surface area contributed by atoms with Crippen LogP contribution in [0.2, 0.25) is 0 Å². The van der Waals surface area contributed by atoms with E-state index < -0.39 is 16.9 Å². The predicted molar refractivity (Wildman–Crippen MR) is 82.4 cm³/mol. The van der Waals surface area contributed by atoms with Crippen LogP contribution < -0.4 is 5.32 Å². The molecular formula is C15H30N2O4. The highest BCUT2D eigenvalue weighted by Gasteiger charge is 2.45. The van der Waals surface area contributed by atoms with Crippen molar-refractivity contribution >= 4 is 12.0 Å². The van der Waals surface area contributed by atoms with E-state index in [4.69, 9.17) is 4.74 Å². The molecule has 2 N–H and O–H groups in total. The minimum atomic E-state index is -1.08. The van der Waals surface area contributed by atoms with Gasteiger partial charge >= 0.3 is 12.0 Å². The van der Waals surface area contributed by atoms with Crippen LogP contribution in [0, 0.1) is 5.41 Å². The molecule has 0 bridgehead atoms. The van der Waals surface area contributed by atoms with Crippen LogP contribution in [-0.2, 0) is 9.53 Å². The van der Waals surface area contributed by atoms with Gasteiger partial charge in [0.1, 0.15) is 0 Å². The van der Waals surface area contributed by atoms with Crippen LogP contribution in [0.3, 0.4) is 0 Å². The number of carbonyl (C=O) groups excluding carboxylic acids is 1. The van der Waals surface area contributed by atoms with Gasteiger partial charge in [0.25, 0.3) is 0 Å². The van der Waals surface area contributed by atoms with E-state index in [-0.39, 0.29) is 12.1 Å². The Labute approximate surface area is 127 Å². The number of hydrogen-bond donors (Lipinski definition) is 2. The molecule has 0 saturated carbocycles. The van der Waals surface area contributed by atoms with Crippen LogP contribution in [0.4, 0.5) is 4.79 Å². The van der Waals surface area contributed by atoms with Crippen molar-refractivity contribution in [2.24, 2.45) is 5.41 Å². The van der Waals surface area contributed by atoms with Crippen molar-refractivity contribution in [3.8, 4) is 0 Å². The van der Waals surface area contributed by atoms with Gasteiger partial charge in [0.2, 0.25) is 0 Å². The van der Waals surface area contributed by atoms with Gasteiger partial charge in [0.15, 0.2) is 0 Å². The van der Waals surface area contributed by atoms with E-state index in [1.165, 1.54) is 0 Å². The summed E-state index contributed by atoms with van der Waals surface area (Å²) >= 11 is 0. The molecule has 21 heavy (non-hydrogen) atoms. The average molecular weight is 302 g/mol. The summed E-state index contributed by atoms with van der Waals surface area (Å²) in [4.78, 5) is 25.6. The van der Waals surface area contributed by atoms with Gasteiger partial charge in [-0.25, -0.2) is 4.79 Å². The minimum Gasteiger partial charge on any atom is -0.481 e. The van der Waals surface area contributed by atoms with Gasteiger partial charge in [-0.1, -0.05) is 6.92 Å². The molecule has 1 unspecified atom stereocenters. The Hall–Kier alpha value is -1.30. The summed E-state index contributed by atoms with van der Waals surface area (Å²) < 4.78 is 5.04. The number of ether oxygens (including phenoxy) is 1. The molecule has 0 fully saturated rings. The number of amides is 2. The zero-order valence-electron chi connectivity index (χ0n) is 14.3. The summed E-state index contributed by atoms with van der Waals surface area (Å²) in [5.41, 5.74) is -1.96. The molecule has 0 aliphatic carbocycles. The first-order valence-corrected chi connectivity index (χ1v) is 7.32. The first-order chi connectivity index (χ1) is 9.51. The van der Waals surface area contributed by atoms with E-state index in [1.54, 1.807) is 39.7 Å². The summed E-state index contributed by atoms with van der Waals surface area (Å²) in [5, 5.41) is 12.2. The second-order valence-electron chi connectivity index (χ2n) is 6.43. The summed E-state index contributed by atoms with van der Waals surface area (Å²) in [7, 11) is 1.59. The number of hydrogen-bond acceptors (Lipinski definition) is 3. The third-order valence-electron chi connectivity index (χ3n) is 4.44. The van der Waals surface area contributed by atoms with Crippen molar-refractivity contribution < 1.29 is 19.4 Å². The number of carboxylic acids is 1. The van der Waals surface area contributed by atoms with Gasteiger partial charge in [-0.15, -0.1) is 0 Å². The van der Waals surface area contributed by atoms with Crippen molar-refractivity contribution in [2.75, 3.05) is 20.3 Å². The van der Waals surface area contributed by atoms with E-state index in [1.807, 2.05) is 13.8 Å². The lowest BCUT2D eigenvalue weighted by molar-refractivity contribution is -0.150. The third-order valence-corrected chi connectivity index (χ3v) is 4.44. The lowest BCUT2D eigenvalue weighted by Gasteiger charge is -2.41. The molecule has 2 amide bonds. The zero-order chi connectivity index (χ0) is 16.8. The summed E-state index contributed by atoms with van der Waals surface area (Å²) in [6.45, 7) is 11.6. The number of urea groups is 1. The maximum atomic E-state index is 12.5. The van der Waals surface area contributed by atoms with Crippen LogP contribution in [-0.4, -0.2) is 53.8 Å². The van der Waals surface area contributed by atoms with E-state index in [0.717, 1.165) is 6.42 Å². The molecule has 124 valence electrons. The van der Waals surface area contributed by atoms with Gasteiger partial charge < -0.3 is 20.1 Å². The van der Waals surface area contributed by atoms with Gasteiger partial charge in [0.05, 0.1) is 17.6 Å². The Morgan fingerprint density at radius 3 is 2.19 bits per heavy atom. The highest BCUT2D eigenvalue weighted by Crippen LogP contribution is 2.31. The van der Waals surface area contributed by atoms with E-state index in [9.17, 15) is 14.7 Å². The van der Waals surface area contributed by atoms with Crippen molar-refractivity contribution in [1.82, 2.24) is 10.2 Å². The fourth-order valence-corrected chi connectivity index (χ4v) is 1.69. The molecule has 0 radical (unpaired) electrons. The van der Waals surface area contributed by atoms with Crippen molar-refractivity contribution in [1.29, 1.82) is 0 Å². The molecule has 0 heterocycles. The maximum absolute atomic E-state index is 12.5. The standard InChI is InChI=1S/C15H30N2O4/c1-8-11(2)17(9-10-21-7)13(20)16-15(5,6)14(3,4)12(18)19/h11H,8-10H2,1-7H3,(H,16,20)(H,18,19). The highest BCUT2D eigenvalue weighted by atomic mass is 16.5. The minimum absolute atomic E-state index is 0.0592. The number of carboxylic acid groups (broad SMARTS) is 1. The molecule has 6 nitrogen and oxygen atoms in total. The van der Waals surface area contributed by atoms with Crippen LogP contribution in [0.15, 0.2) is 0 Å². The van der Waals surface area contributed by atoms with E-state index in [2.05, 4.69) is 5.32 Å². The Balaban J connectivity index is 5.08. The molecule has 1 atom stereocenters. The maximum Gasteiger partial charge on any atom is 0.318 e. The van der Waals surface area contributed by atoms with Crippen LogP contribution in [0.25, 0.3) is 0 Å². The SMILES string of the molecule is CCC(C)N(CCOC)C(=O)NC(C)(C)C(C)(C)C(=O)O. The predicted octanol–water partition coefficient (Wildman–Crippen LogP) is 2.33. The fraction of sp³-hybridized carbons (Fsp3) is 0.867. The topological polar surface area (TPSA) is 78.9 Å². The number of aliphatic carboxylic acids is 1. The second-order valence-corrected chi connectivity index (χ2v) is 6.43. The third kappa shape index (κ3) is 4.88. The number of methoxy groups -OCH3 is 1. The molecule has 0 aromatic rings. The van der Waals surface area contributed by atoms with Crippen molar-refractivity contribution in [2.45, 2.75) is 59.5 Å². The molecule has 0 rings (SSSR count). The molecule has 6 heteroatoms. The van der Waals surface area contributed by atoms with Crippen LogP contribution in [0.5, 0.6) is 0 Å². The Morgan fingerprint density at radius 2 is 1.81 bits per heavy atom. The van der Waals surface area contributed by atoms with E-state index in [0.29, 0.717) is 13.2 Å². The highest BCUT2D eigenvalue weighted by molar-refractivity contribution is 5.80.